The molecule has 0 amide bonds. The molecule has 0 fully saturated rings. The highest BCUT2D eigenvalue weighted by atomic mass is 16.7. The van der Waals surface area contributed by atoms with Crippen LogP contribution in [0.2, 0.25) is 0 Å². The van der Waals surface area contributed by atoms with Crippen LogP contribution in [0.15, 0.2) is 48.8 Å². The number of carbonyl (C=O) groups is 2. The smallest absolute Gasteiger partial charge is 0.429 e. The molecule has 2 aromatic rings. The van der Waals surface area contributed by atoms with Crippen LogP contribution in [0.25, 0.3) is 0 Å². The molecule has 0 radical (unpaired) electrons. The first kappa shape index (κ1) is 11.9. The molecule has 0 aliphatic rings. The lowest BCUT2D eigenvalue weighted by atomic mass is 10.2. The Morgan fingerprint density at radius 2 is 1.89 bits per heavy atom. The molecule has 92 valence electrons. The third-order valence-corrected chi connectivity index (χ3v) is 2.21. The van der Waals surface area contributed by atoms with Gasteiger partial charge in [-0.2, -0.15) is 0 Å². The minimum Gasteiger partial charge on any atom is -0.429 e. The molecular formula is C13H11NO4. The van der Waals surface area contributed by atoms with Gasteiger partial charge in [0.25, 0.3) is 0 Å². The van der Waals surface area contributed by atoms with E-state index in [2.05, 4.69) is 9.72 Å². The Morgan fingerprint density at radius 1 is 1.11 bits per heavy atom. The zero-order valence-corrected chi connectivity index (χ0v) is 9.46. The van der Waals surface area contributed by atoms with Crippen LogP contribution in [0, 0.1) is 0 Å². The topological polar surface area (TPSA) is 68.4 Å². The van der Waals surface area contributed by atoms with Gasteiger partial charge in [0.2, 0.25) is 0 Å². The molecule has 0 saturated heterocycles. The molecule has 18 heavy (non-hydrogen) atoms. The van der Waals surface area contributed by atoms with E-state index in [9.17, 15) is 9.59 Å². The first-order valence-electron chi connectivity index (χ1n) is 5.31. The van der Waals surface area contributed by atoms with Gasteiger partial charge >= 0.3 is 12.1 Å². The molecule has 1 heterocycles. The molecule has 1 N–H and O–H groups in total. The van der Waals surface area contributed by atoms with Gasteiger partial charge in [0.05, 0.1) is 5.56 Å². The molecule has 1 aromatic heterocycles. The van der Waals surface area contributed by atoms with Gasteiger partial charge in [0.1, 0.15) is 6.61 Å². The number of rotatable bonds is 3. The Kier molecular flexibility index (Phi) is 3.76. The standard InChI is InChI=1S/C13H11NO4/c15-12(11-6-7-14-8-11)18-13(16)17-9-10-4-2-1-3-5-10/h1-8,14H,9H2. The van der Waals surface area contributed by atoms with Crippen LogP contribution >= 0.6 is 0 Å². The molecule has 0 saturated carbocycles. The largest absolute Gasteiger partial charge is 0.516 e. The molecule has 0 spiro atoms. The minimum absolute atomic E-state index is 0.0695. The van der Waals surface area contributed by atoms with Crippen molar-refractivity contribution in [3.05, 3.63) is 59.9 Å². The van der Waals surface area contributed by atoms with Crippen molar-refractivity contribution in [3.63, 3.8) is 0 Å². The van der Waals surface area contributed by atoms with E-state index in [4.69, 9.17) is 4.74 Å². The summed E-state index contributed by atoms with van der Waals surface area (Å²) >= 11 is 0. The van der Waals surface area contributed by atoms with Crippen molar-refractivity contribution in [2.24, 2.45) is 0 Å². The number of hydrogen-bond donors (Lipinski definition) is 1. The van der Waals surface area contributed by atoms with E-state index in [1.54, 1.807) is 18.3 Å². The maximum absolute atomic E-state index is 11.4. The second kappa shape index (κ2) is 5.67. The number of hydrogen-bond acceptors (Lipinski definition) is 4. The fraction of sp³-hybridized carbons (Fsp3) is 0.0769. The van der Waals surface area contributed by atoms with Crippen LogP contribution in [-0.4, -0.2) is 17.1 Å². The summed E-state index contributed by atoms with van der Waals surface area (Å²) < 4.78 is 9.30. The van der Waals surface area contributed by atoms with E-state index >= 15 is 0 Å². The number of ether oxygens (including phenoxy) is 2. The SMILES string of the molecule is O=C(OCc1ccccc1)OC(=O)c1cc[nH]c1. The molecule has 5 heteroatoms. The van der Waals surface area contributed by atoms with Crippen molar-refractivity contribution in [1.29, 1.82) is 0 Å². The van der Waals surface area contributed by atoms with Crippen LogP contribution in [0.4, 0.5) is 4.79 Å². The molecular weight excluding hydrogens is 234 g/mol. The van der Waals surface area contributed by atoms with Crippen LogP contribution in [0.5, 0.6) is 0 Å². The van der Waals surface area contributed by atoms with E-state index in [1.807, 2.05) is 18.2 Å². The summed E-state index contributed by atoms with van der Waals surface area (Å²) in [4.78, 5) is 25.3. The van der Waals surface area contributed by atoms with Gasteiger partial charge < -0.3 is 14.5 Å². The van der Waals surface area contributed by atoms with E-state index in [1.165, 1.54) is 12.3 Å². The van der Waals surface area contributed by atoms with Crippen molar-refractivity contribution in [2.75, 3.05) is 0 Å². The van der Waals surface area contributed by atoms with E-state index in [0.29, 0.717) is 0 Å². The van der Waals surface area contributed by atoms with Crippen molar-refractivity contribution < 1.29 is 19.1 Å². The summed E-state index contributed by atoms with van der Waals surface area (Å²) in [6, 6.07) is 10.6. The fourth-order valence-corrected chi connectivity index (χ4v) is 1.33. The molecule has 0 atom stereocenters. The summed E-state index contributed by atoms with van der Waals surface area (Å²) in [5.41, 5.74) is 1.09. The Labute approximate surface area is 103 Å². The zero-order chi connectivity index (χ0) is 12.8. The number of nitrogens with one attached hydrogen (secondary N) is 1. The number of carbonyl (C=O) groups excluding carboxylic acids is 2. The molecule has 2 rings (SSSR count). The quantitative estimate of drug-likeness (QED) is 0.666. The average Bonchev–Trinajstić information content (AvgIpc) is 2.91. The third kappa shape index (κ3) is 3.21. The second-order valence-electron chi connectivity index (χ2n) is 3.51. The second-order valence-corrected chi connectivity index (χ2v) is 3.51. The molecule has 0 unspecified atom stereocenters. The predicted octanol–water partition coefficient (Wildman–Crippen LogP) is 2.51. The number of aromatic amines is 1. The highest BCUT2D eigenvalue weighted by molar-refractivity contribution is 5.95. The average molecular weight is 245 g/mol. The van der Waals surface area contributed by atoms with E-state index in [-0.39, 0.29) is 12.2 Å². The predicted molar refractivity (Wildman–Crippen MR) is 62.8 cm³/mol. The summed E-state index contributed by atoms with van der Waals surface area (Å²) in [5, 5.41) is 0. The van der Waals surface area contributed by atoms with Crippen molar-refractivity contribution in [2.45, 2.75) is 6.61 Å². The lowest BCUT2D eigenvalue weighted by Crippen LogP contribution is -2.13. The summed E-state index contributed by atoms with van der Waals surface area (Å²) in [7, 11) is 0. The Hall–Kier alpha value is -2.56. The number of benzene rings is 1. The van der Waals surface area contributed by atoms with Crippen LogP contribution in [0.3, 0.4) is 0 Å². The van der Waals surface area contributed by atoms with Crippen molar-refractivity contribution >= 4 is 12.1 Å². The van der Waals surface area contributed by atoms with Gasteiger partial charge in [-0.05, 0) is 11.6 Å². The van der Waals surface area contributed by atoms with Gasteiger partial charge in [0.15, 0.2) is 0 Å². The Bertz CT molecular complexity index is 519. The zero-order valence-electron chi connectivity index (χ0n) is 9.46. The molecule has 1 aromatic carbocycles. The highest BCUT2D eigenvalue weighted by Gasteiger charge is 2.14. The molecule has 5 nitrogen and oxygen atoms in total. The monoisotopic (exact) mass is 245 g/mol. The maximum atomic E-state index is 11.4. The van der Waals surface area contributed by atoms with Gasteiger partial charge in [-0.15, -0.1) is 0 Å². The minimum atomic E-state index is -1.01. The first-order chi connectivity index (χ1) is 8.75. The Balaban J connectivity index is 1.81. The first-order valence-corrected chi connectivity index (χ1v) is 5.31. The molecule has 0 aliphatic carbocycles. The summed E-state index contributed by atoms with van der Waals surface area (Å²) in [6.07, 6.45) is 1.99. The normalized spacial score (nSPS) is 9.78. The van der Waals surface area contributed by atoms with Crippen LogP contribution in [-0.2, 0) is 16.1 Å². The maximum Gasteiger partial charge on any atom is 0.516 e. The number of esters is 1. The van der Waals surface area contributed by atoms with Gasteiger partial charge in [-0.3, -0.25) is 0 Å². The number of H-pyrrole nitrogens is 1. The third-order valence-electron chi connectivity index (χ3n) is 2.21. The van der Waals surface area contributed by atoms with Gasteiger partial charge in [-0.1, -0.05) is 30.3 Å². The van der Waals surface area contributed by atoms with Crippen molar-refractivity contribution in [3.8, 4) is 0 Å². The number of aromatic nitrogens is 1. The van der Waals surface area contributed by atoms with E-state index in [0.717, 1.165) is 5.56 Å². The van der Waals surface area contributed by atoms with Gasteiger partial charge in [0, 0.05) is 12.4 Å². The molecule has 0 bridgehead atoms. The summed E-state index contributed by atoms with van der Waals surface area (Å²) in [5.74, 6) is -0.741. The lowest BCUT2D eigenvalue weighted by Gasteiger charge is -2.04. The molecule has 0 aliphatic heterocycles. The summed E-state index contributed by atoms with van der Waals surface area (Å²) in [6.45, 7) is 0.0695. The lowest BCUT2D eigenvalue weighted by molar-refractivity contribution is 0.0361. The van der Waals surface area contributed by atoms with Gasteiger partial charge in [-0.25, -0.2) is 9.59 Å². The fourth-order valence-electron chi connectivity index (χ4n) is 1.33. The van der Waals surface area contributed by atoms with Crippen LogP contribution < -0.4 is 0 Å². The van der Waals surface area contributed by atoms with E-state index < -0.39 is 12.1 Å². The van der Waals surface area contributed by atoms with Crippen LogP contribution in [0.1, 0.15) is 15.9 Å². The highest BCUT2D eigenvalue weighted by Crippen LogP contribution is 2.04. The Morgan fingerprint density at radius 3 is 2.56 bits per heavy atom. The van der Waals surface area contributed by atoms with Crippen molar-refractivity contribution in [1.82, 2.24) is 4.98 Å².